The first kappa shape index (κ1) is 15.5. The van der Waals surface area contributed by atoms with Crippen molar-refractivity contribution >= 4 is 5.91 Å². The molecule has 5 nitrogen and oxygen atoms in total. The lowest BCUT2D eigenvalue weighted by molar-refractivity contribution is -0.123. The van der Waals surface area contributed by atoms with Crippen LogP contribution in [0.3, 0.4) is 0 Å². The van der Waals surface area contributed by atoms with Crippen molar-refractivity contribution in [3.05, 3.63) is 35.4 Å². The highest BCUT2D eigenvalue weighted by Gasteiger charge is 2.53. The lowest BCUT2D eigenvalue weighted by Crippen LogP contribution is -2.49. The molecule has 2 atom stereocenters. The summed E-state index contributed by atoms with van der Waals surface area (Å²) in [6, 6.07) is 8.35. The number of nitrogens with two attached hydrogens (primary N) is 1. The second-order valence-electron chi connectivity index (χ2n) is 6.23. The summed E-state index contributed by atoms with van der Waals surface area (Å²) in [6.45, 7) is 2.34. The zero-order valence-corrected chi connectivity index (χ0v) is 13.1. The van der Waals surface area contributed by atoms with Crippen LogP contribution in [0.15, 0.2) is 24.3 Å². The topological polar surface area (TPSA) is 76.4 Å². The Morgan fingerprint density at radius 3 is 2.82 bits per heavy atom. The first-order valence-corrected chi connectivity index (χ1v) is 8.05. The van der Waals surface area contributed by atoms with Crippen LogP contribution in [0.1, 0.15) is 36.4 Å². The van der Waals surface area contributed by atoms with Gasteiger partial charge in [0.25, 0.3) is 0 Å². The minimum absolute atomic E-state index is 0.00272. The lowest BCUT2D eigenvalue weighted by atomic mass is 9.72. The first-order valence-electron chi connectivity index (χ1n) is 8.05. The molecule has 0 unspecified atom stereocenters. The predicted molar refractivity (Wildman–Crippen MR) is 85.6 cm³/mol. The molecule has 1 amide bonds. The third-order valence-electron chi connectivity index (χ3n) is 5.12. The molecule has 5 heteroatoms. The Morgan fingerprint density at radius 2 is 2.14 bits per heavy atom. The predicted octanol–water partition coefficient (Wildman–Crippen LogP) is 0.843. The van der Waals surface area contributed by atoms with Gasteiger partial charge in [0.2, 0.25) is 5.91 Å². The van der Waals surface area contributed by atoms with Gasteiger partial charge in [-0.1, -0.05) is 24.3 Å². The van der Waals surface area contributed by atoms with Crippen molar-refractivity contribution in [2.45, 2.75) is 36.8 Å². The van der Waals surface area contributed by atoms with Crippen LogP contribution in [-0.4, -0.2) is 38.8 Å². The van der Waals surface area contributed by atoms with Crippen LogP contribution < -0.4 is 16.4 Å². The molecule has 0 radical (unpaired) electrons. The highest BCUT2D eigenvalue weighted by Crippen LogP contribution is 2.51. The number of ether oxygens (including phenoxy) is 1. The normalized spacial score (nSPS) is 25.9. The molecule has 1 heterocycles. The number of carbonyl (C=O) groups excluding carboxylic acids is 1. The molecule has 1 fully saturated rings. The van der Waals surface area contributed by atoms with Gasteiger partial charge in [0, 0.05) is 25.5 Å². The van der Waals surface area contributed by atoms with Crippen LogP contribution in [-0.2, 0) is 14.9 Å². The quantitative estimate of drug-likeness (QED) is 0.770. The maximum absolute atomic E-state index is 12.1. The minimum atomic E-state index is -0.0849. The van der Waals surface area contributed by atoms with Gasteiger partial charge in [0.15, 0.2) is 0 Å². The van der Waals surface area contributed by atoms with Crippen LogP contribution in [0.5, 0.6) is 0 Å². The van der Waals surface area contributed by atoms with Gasteiger partial charge >= 0.3 is 0 Å². The van der Waals surface area contributed by atoms with Crippen molar-refractivity contribution in [3.63, 3.8) is 0 Å². The molecule has 1 aliphatic heterocycles. The van der Waals surface area contributed by atoms with Crippen molar-refractivity contribution in [1.82, 2.24) is 10.6 Å². The summed E-state index contributed by atoms with van der Waals surface area (Å²) in [7, 11) is 1.75. The van der Waals surface area contributed by atoms with Crippen LogP contribution in [0.4, 0.5) is 0 Å². The maximum Gasteiger partial charge on any atom is 0.221 e. The van der Waals surface area contributed by atoms with Crippen molar-refractivity contribution in [2.24, 2.45) is 5.73 Å². The molecule has 1 aromatic carbocycles. The average molecular weight is 303 g/mol. The maximum atomic E-state index is 12.1. The van der Waals surface area contributed by atoms with E-state index in [1.807, 2.05) is 6.07 Å². The first-order chi connectivity index (χ1) is 10.7. The van der Waals surface area contributed by atoms with E-state index in [0.717, 1.165) is 25.9 Å². The number of carbonyl (C=O) groups is 1. The van der Waals surface area contributed by atoms with E-state index in [0.29, 0.717) is 13.0 Å². The van der Waals surface area contributed by atoms with E-state index in [4.69, 9.17) is 10.5 Å². The molecule has 3 rings (SSSR count). The van der Waals surface area contributed by atoms with Gasteiger partial charge in [0.05, 0.1) is 12.1 Å². The van der Waals surface area contributed by atoms with Gasteiger partial charge in [-0.2, -0.15) is 0 Å². The van der Waals surface area contributed by atoms with Gasteiger partial charge in [-0.3, -0.25) is 4.79 Å². The van der Waals surface area contributed by atoms with Gasteiger partial charge in [-0.25, -0.2) is 0 Å². The summed E-state index contributed by atoms with van der Waals surface area (Å²) in [4.78, 5) is 12.1. The largest absolute Gasteiger partial charge is 0.378 e. The SMILES string of the molecule is CO[C@@H]1[C@@H](NC(=O)CCN)c2ccccc2C12CCNCC2. The third kappa shape index (κ3) is 2.43. The Labute approximate surface area is 131 Å². The molecule has 1 aromatic rings. The summed E-state index contributed by atoms with van der Waals surface area (Å²) in [6.07, 6.45) is 2.40. The average Bonchev–Trinajstić information content (AvgIpc) is 2.78. The Morgan fingerprint density at radius 1 is 1.41 bits per heavy atom. The van der Waals surface area contributed by atoms with E-state index in [9.17, 15) is 4.79 Å². The lowest BCUT2D eigenvalue weighted by Gasteiger charge is -2.40. The number of methoxy groups -OCH3 is 1. The number of amides is 1. The summed E-state index contributed by atoms with van der Waals surface area (Å²) in [5.74, 6) is -0.00432. The molecule has 120 valence electrons. The number of fused-ring (bicyclic) bond motifs is 2. The Bertz CT molecular complexity index is 540. The van der Waals surface area contributed by atoms with Crippen LogP contribution in [0, 0.1) is 0 Å². The Hall–Kier alpha value is -1.43. The summed E-state index contributed by atoms with van der Waals surface area (Å²) in [5, 5.41) is 6.57. The number of hydrogen-bond donors (Lipinski definition) is 3. The molecule has 0 bridgehead atoms. The van der Waals surface area contributed by atoms with E-state index < -0.39 is 0 Å². The Balaban J connectivity index is 1.98. The molecule has 1 aliphatic carbocycles. The van der Waals surface area contributed by atoms with E-state index in [2.05, 4.69) is 28.8 Å². The fourth-order valence-electron chi connectivity index (χ4n) is 4.18. The summed E-state index contributed by atoms with van der Waals surface area (Å²) in [5.41, 5.74) is 8.03. The molecule has 0 saturated carbocycles. The number of piperidine rings is 1. The summed E-state index contributed by atoms with van der Waals surface area (Å²) < 4.78 is 5.90. The minimum Gasteiger partial charge on any atom is -0.378 e. The molecule has 2 aliphatic rings. The number of nitrogens with one attached hydrogen (secondary N) is 2. The molecular formula is C17H25N3O2. The fraction of sp³-hybridized carbons (Fsp3) is 0.588. The van der Waals surface area contributed by atoms with Crippen LogP contribution in [0.2, 0.25) is 0 Å². The smallest absolute Gasteiger partial charge is 0.221 e. The highest BCUT2D eigenvalue weighted by atomic mass is 16.5. The van der Waals surface area contributed by atoms with Crippen LogP contribution in [0.25, 0.3) is 0 Å². The van der Waals surface area contributed by atoms with Gasteiger partial charge in [-0.05, 0) is 37.1 Å². The monoisotopic (exact) mass is 303 g/mol. The second-order valence-corrected chi connectivity index (χ2v) is 6.23. The standard InChI is InChI=1S/C17H25N3O2/c1-22-16-15(20-14(21)6-9-18)12-4-2-3-5-13(12)17(16)7-10-19-11-8-17/h2-5,15-16,19H,6-11,18H2,1H3,(H,20,21)/t15-,16+/m0/s1. The zero-order chi connectivity index (χ0) is 15.6. The van der Waals surface area contributed by atoms with Gasteiger partial charge in [0.1, 0.15) is 0 Å². The Kier molecular flexibility index (Phi) is 4.47. The molecule has 0 aromatic heterocycles. The molecule has 22 heavy (non-hydrogen) atoms. The van der Waals surface area contributed by atoms with E-state index >= 15 is 0 Å². The molecule has 4 N–H and O–H groups in total. The second kappa shape index (κ2) is 6.36. The van der Waals surface area contributed by atoms with Crippen molar-refractivity contribution in [2.75, 3.05) is 26.7 Å². The molecular weight excluding hydrogens is 278 g/mol. The fourth-order valence-corrected chi connectivity index (χ4v) is 4.18. The van der Waals surface area contributed by atoms with Crippen molar-refractivity contribution in [1.29, 1.82) is 0 Å². The number of rotatable bonds is 4. The number of benzene rings is 1. The van der Waals surface area contributed by atoms with E-state index in [1.54, 1.807) is 7.11 Å². The van der Waals surface area contributed by atoms with Gasteiger partial charge < -0.3 is 21.1 Å². The van der Waals surface area contributed by atoms with Crippen molar-refractivity contribution in [3.8, 4) is 0 Å². The van der Waals surface area contributed by atoms with Crippen LogP contribution >= 0.6 is 0 Å². The molecule has 1 spiro atoms. The van der Waals surface area contributed by atoms with E-state index in [1.165, 1.54) is 11.1 Å². The number of hydrogen-bond acceptors (Lipinski definition) is 4. The van der Waals surface area contributed by atoms with E-state index in [-0.39, 0.29) is 23.5 Å². The highest BCUT2D eigenvalue weighted by molar-refractivity contribution is 5.77. The zero-order valence-electron chi connectivity index (χ0n) is 13.1. The van der Waals surface area contributed by atoms with Crippen molar-refractivity contribution < 1.29 is 9.53 Å². The van der Waals surface area contributed by atoms with Gasteiger partial charge in [-0.15, -0.1) is 0 Å². The molecule has 1 saturated heterocycles. The summed E-state index contributed by atoms with van der Waals surface area (Å²) >= 11 is 0. The third-order valence-corrected chi connectivity index (χ3v) is 5.12.